The average molecular weight is 287 g/mol. The molecule has 0 N–H and O–H groups in total. The molecular formula is C15H13NO5. The van der Waals surface area contributed by atoms with Crippen LogP contribution in [0.25, 0.3) is 0 Å². The van der Waals surface area contributed by atoms with Crippen LogP contribution < -0.4 is 4.74 Å². The molecule has 0 aromatic heterocycles. The highest BCUT2D eigenvalue weighted by Crippen LogP contribution is 2.28. The second kappa shape index (κ2) is 6.51. The van der Waals surface area contributed by atoms with Crippen molar-refractivity contribution in [3.05, 3.63) is 64.2 Å². The number of carbonyl (C=O) groups excluding carboxylic acids is 1. The first-order valence-electron chi connectivity index (χ1n) is 6.17. The van der Waals surface area contributed by atoms with Crippen molar-refractivity contribution >= 4 is 11.7 Å². The Morgan fingerprint density at radius 2 is 1.95 bits per heavy atom. The van der Waals surface area contributed by atoms with Gasteiger partial charge in [0.15, 0.2) is 0 Å². The van der Waals surface area contributed by atoms with Crippen molar-refractivity contribution in [1.29, 1.82) is 0 Å². The van der Waals surface area contributed by atoms with E-state index in [4.69, 9.17) is 4.74 Å². The highest BCUT2D eigenvalue weighted by atomic mass is 16.6. The second-order valence-electron chi connectivity index (χ2n) is 4.22. The van der Waals surface area contributed by atoms with E-state index >= 15 is 0 Å². The largest absolute Gasteiger partial charge is 0.469 e. The maximum absolute atomic E-state index is 11.4. The summed E-state index contributed by atoms with van der Waals surface area (Å²) >= 11 is 0. The fourth-order valence-electron chi connectivity index (χ4n) is 1.76. The van der Waals surface area contributed by atoms with Crippen molar-refractivity contribution in [2.75, 3.05) is 7.11 Å². The van der Waals surface area contributed by atoms with E-state index in [2.05, 4.69) is 4.74 Å². The van der Waals surface area contributed by atoms with Crippen LogP contribution >= 0.6 is 0 Å². The number of para-hydroxylation sites is 1. The minimum absolute atomic E-state index is 0.0575. The number of hydrogen-bond acceptors (Lipinski definition) is 5. The van der Waals surface area contributed by atoms with Gasteiger partial charge in [-0.15, -0.1) is 0 Å². The van der Waals surface area contributed by atoms with Gasteiger partial charge in [0.2, 0.25) is 0 Å². The van der Waals surface area contributed by atoms with E-state index in [1.807, 2.05) is 0 Å². The highest BCUT2D eigenvalue weighted by molar-refractivity contribution is 5.73. The van der Waals surface area contributed by atoms with E-state index in [0.29, 0.717) is 17.1 Å². The SMILES string of the molecule is COC(=O)Cc1ccccc1Oc1cccc([N+](=O)[O-])c1. The van der Waals surface area contributed by atoms with Crippen LogP contribution in [-0.4, -0.2) is 18.0 Å². The summed E-state index contributed by atoms with van der Waals surface area (Å²) < 4.78 is 10.3. The number of nitrogens with zero attached hydrogens (tertiary/aromatic N) is 1. The van der Waals surface area contributed by atoms with Gasteiger partial charge in [0.05, 0.1) is 24.5 Å². The van der Waals surface area contributed by atoms with Crippen molar-refractivity contribution in [3.8, 4) is 11.5 Å². The summed E-state index contributed by atoms with van der Waals surface area (Å²) in [7, 11) is 1.31. The Morgan fingerprint density at radius 1 is 1.19 bits per heavy atom. The summed E-state index contributed by atoms with van der Waals surface area (Å²) in [5.41, 5.74) is 0.591. The molecule has 0 heterocycles. The third kappa shape index (κ3) is 3.79. The molecule has 0 unspecified atom stereocenters. The van der Waals surface area contributed by atoms with Crippen LogP contribution in [-0.2, 0) is 16.0 Å². The lowest BCUT2D eigenvalue weighted by atomic mass is 10.1. The maximum atomic E-state index is 11.4. The summed E-state index contributed by atoms with van der Waals surface area (Å²) in [5.74, 6) is 0.412. The van der Waals surface area contributed by atoms with Gasteiger partial charge < -0.3 is 9.47 Å². The topological polar surface area (TPSA) is 78.7 Å². The Morgan fingerprint density at radius 3 is 2.67 bits per heavy atom. The Bertz CT molecular complexity index is 669. The molecule has 0 saturated heterocycles. The standard InChI is InChI=1S/C15H13NO5/c1-20-15(17)9-11-5-2-3-8-14(11)21-13-7-4-6-12(10-13)16(18)19/h2-8,10H,9H2,1H3. The molecule has 21 heavy (non-hydrogen) atoms. The highest BCUT2D eigenvalue weighted by Gasteiger charge is 2.11. The number of esters is 1. The molecule has 6 heteroatoms. The fraction of sp³-hybridized carbons (Fsp3) is 0.133. The zero-order valence-corrected chi connectivity index (χ0v) is 11.3. The normalized spacial score (nSPS) is 9.95. The molecule has 108 valence electrons. The molecular weight excluding hydrogens is 274 g/mol. The van der Waals surface area contributed by atoms with Gasteiger partial charge >= 0.3 is 5.97 Å². The van der Waals surface area contributed by atoms with Crippen LogP contribution in [0.3, 0.4) is 0 Å². The number of non-ortho nitro benzene ring substituents is 1. The molecule has 0 radical (unpaired) electrons. The predicted molar refractivity (Wildman–Crippen MR) is 75.3 cm³/mol. The van der Waals surface area contributed by atoms with Crippen LogP contribution in [0.1, 0.15) is 5.56 Å². The first-order valence-corrected chi connectivity index (χ1v) is 6.17. The van der Waals surface area contributed by atoms with Gasteiger partial charge in [-0.25, -0.2) is 0 Å². The van der Waals surface area contributed by atoms with E-state index in [9.17, 15) is 14.9 Å². The molecule has 0 fully saturated rings. The van der Waals surface area contributed by atoms with Crippen LogP contribution in [0.2, 0.25) is 0 Å². The second-order valence-corrected chi connectivity index (χ2v) is 4.22. The molecule has 0 aliphatic rings. The monoisotopic (exact) mass is 287 g/mol. The van der Waals surface area contributed by atoms with Gasteiger partial charge in [-0.05, 0) is 12.1 Å². The molecule has 2 aromatic carbocycles. The first kappa shape index (κ1) is 14.5. The predicted octanol–water partition coefficient (Wildman–Crippen LogP) is 3.10. The summed E-state index contributed by atoms with van der Waals surface area (Å²) in [6.07, 6.45) is 0.0710. The summed E-state index contributed by atoms with van der Waals surface area (Å²) in [6, 6.07) is 12.8. The molecule has 6 nitrogen and oxygen atoms in total. The molecule has 0 aliphatic carbocycles. The number of rotatable bonds is 5. The molecule has 2 aromatic rings. The van der Waals surface area contributed by atoms with Crippen molar-refractivity contribution in [2.24, 2.45) is 0 Å². The number of carbonyl (C=O) groups is 1. The first-order chi connectivity index (χ1) is 10.1. The van der Waals surface area contributed by atoms with Crippen LogP contribution in [0, 0.1) is 10.1 Å². The lowest BCUT2D eigenvalue weighted by Gasteiger charge is -2.10. The number of hydrogen-bond donors (Lipinski definition) is 0. The third-order valence-electron chi connectivity index (χ3n) is 2.79. The van der Waals surface area contributed by atoms with Gasteiger partial charge in [0.25, 0.3) is 5.69 Å². The van der Waals surface area contributed by atoms with Gasteiger partial charge in [-0.3, -0.25) is 14.9 Å². The van der Waals surface area contributed by atoms with Crippen molar-refractivity contribution < 1.29 is 19.2 Å². The summed E-state index contributed by atoms with van der Waals surface area (Å²) in [6.45, 7) is 0. The van der Waals surface area contributed by atoms with E-state index in [1.165, 1.54) is 25.3 Å². The van der Waals surface area contributed by atoms with E-state index in [-0.39, 0.29) is 18.1 Å². The third-order valence-corrected chi connectivity index (χ3v) is 2.79. The Hall–Kier alpha value is -2.89. The number of benzene rings is 2. The smallest absolute Gasteiger partial charge is 0.310 e. The molecule has 0 saturated carbocycles. The minimum atomic E-state index is -0.493. The number of nitro benzene ring substituents is 1. The van der Waals surface area contributed by atoms with Gasteiger partial charge in [0, 0.05) is 11.6 Å². The molecule has 2 rings (SSSR count). The van der Waals surface area contributed by atoms with Crippen LogP contribution in [0.4, 0.5) is 5.69 Å². The zero-order valence-electron chi connectivity index (χ0n) is 11.3. The van der Waals surface area contributed by atoms with Crippen molar-refractivity contribution in [1.82, 2.24) is 0 Å². The molecule has 0 bridgehead atoms. The summed E-state index contributed by atoms with van der Waals surface area (Å²) in [4.78, 5) is 21.6. The van der Waals surface area contributed by atoms with Crippen molar-refractivity contribution in [2.45, 2.75) is 6.42 Å². The lowest BCUT2D eigenvalue weighted by molar-refractivity contribution is -0.384. The fourth-order valence-corrected chi connectivity index (χ4v) is 1.76. The Kier molecular flexibility index (Phi) is 4.50. The molecule has 0 spiro atoms. The Balaban J connectivity index is 2.25. The molecule has 0 amide bonds. The quantitative estimate of drug-likeness (QED) is 0.479. The van der Waals surface area contributed by atoms with Crippen LogP contribution in [0.15, 0.2) is 48.5 Å². The molecule has 0 aliphatic heterocycles. The van der Waals surface area contributed by atoms with E-state index < -0.39 is 4.92 Å². The number of ether oxygens (including phenoxy) is 2. The number of nitro groups is 1. The van der Waals surface area contributed by atoms with E-state index in [0.717, 1.165) is 0 Å². The zero-order chi connectivity index (χ0) is 15.2. The lowest BCUT2D eigenvalue weighted by Crippen LogP contribution is -2.05. The minimum Gasteiger partial charge on any atom is -0.469 e. The Labute approximate surface area is 121 Å². The number of methoxy groups -OCH3 is 1. The van der Waals surface area contributed by atoms with Gasteiger partial charge in [0.1, 0.15) is 11.5 Å². The van der Waals surface area contributed by atoms with Gasteiger partial charge in [-0.2, -0.15) is 0 Å². The summed E-state index contributed by atoms with van der Waals surface area (Å²) in [5, 5.41) is 10.7. The maximum Gasteiger partial charge on any atom is 0.310 e. The van der Waals surface area contributed by atoms with E-state index in [1.54, 1.807) is 30.3 Å². The van der Waals surface area contributed by atoms with Gasteiger partial charge in [-0.1, -0.05) is 24.3 Å². The average Bonchev–Trinajstić information content (AvgIpc) is 2.49. The molecule has 0 atom stereocenters. The van der Waals surface area contributed by atoms with Crippen LogP contribution in [0.5, 0.6) is 11.5 Å². The van der Waals surface area contributed by atoms with Crippen molar-refractivity contribution in [3.63, 3.8) is 0 Å².